The molecular weight excluding hydrogens is 481 g/mol. The van der Waals surface area contributed by atoms with Gasteiger partial charge in [-0.3, -0.25) is 14.6 Å². The van der Waals surface area contributed by atoms with Gasteiger partial charge in [0.05, 0.1) is 0 Å². The van der Waals surface area contributed by atoms with Crippen molar-refractivity contribution in [3.8, 4) is 0 Å². The molecule has 1 saturated heterocycles. The maximum absolute atomic E-state index is 11.8. The molecule has 0 saturated carbocycles. The maximum Gasteiger partial charge on any atom is 0.224 e. The van der Waals surface area contributed by atoms with Gasteiger partial charge in [-0.1, -0.05) is 19.1 Å². The molecule has 1 aromatic rings. The molecule has 29 heavy (non-hydrogen) atoms. The molecule has 0 aliphatic carbocycles. The first-order chi connectivity index (χ1) is 13.5. The second-order valence-electron chi connectivity index (χ2n) is 7.21. The lowest BCUT2D eigenvalue weighted by molar-refractivity contribution is -0.121. The van der Waals surface area contributed by atoms with Gasteiger partial charge in [-0.05, 0) is 42.9 Å². The number of hydrogen-bond acceptors (Lipinski definition) is 3. The second kappa shape index (κ2) is 13.4. The standard InChI is InChI=1S/C21H33N5O2.HI/c1-4-6-19(27)25-18-8-5-7-17(13-18)15-24-21(23-3)26-11-9-16(10-12-26)14-20(28)22-2;/h5,7-8,13,16H,4,6,9-12,14-15H2,1-3H3,(H,22,28)(H,23,24)(H,25,27);1H. The number of piperidine rings is 1. The molecule has 8 heteroatoms. The van der Waals surface area contributed by atoms with E-state index in [4.69, 9.17) is 0 Å². The Kier molecular flexibility index (Phi) is 11.6. The summed E-state index contributed by atoms with van der Waals surface area (Å²) in [6.45, 7) is 4.43. The Labute approximate surface area is 191 Å². The SMILES string of the molecule is CCCC(=O)Nc1cccc(CNC(=NC)N2CCC(CC(=O)NC)CC2)c1.I. The summed E-state index contributed by atoms with van der Waals surface area (Å²) in [6, 6.07) is 7.88. The zero-order valence-electron chi connectivity index (χ0n) is 17.7. The van der Waals surface area contributed by atoms with Gasteiger partial charge in [-0.2, -0.15) is 0 Å². The van der Waals surface area contributed by atoms with Crippen molar-refractivity contribution in [1.82, 2.24) is 15.5 Å². The van der Waals surface area contributed by atoms with Gasteiger partial charge in [0, 0.05) is 52.3 Å². The Morgan fingerprint density at radius 1 is 1.21 bits per heavy atom. The van der Waals surface area contributed by atoms with Gasteiger partial charge < -0.3 is 20.9 Å². The van der Waals surface area contributed by atoms with E-state index in [-0.39, 0.29) is 35.8 Å². The number of guanidine groups is 1. The lowest BCUT2D eigenvalue weighted by Crippen LogP contribution is -2.45. The number of nitrogens with one attached hydrogen (secondary N) is 3. The lowest BCUT2D eigenvalue weighted by atomic mass is 9.93. The molecule has 0 unspecified atom stereocenters. The van der Waals surface area contributed by atoms with E-state index in [0.29, 0.717) is 25.3 Å². The van der Waals surface area contributed by atoms with Crippen molar-refractivity contribution >= 4 is 47.4 Å². The van der Waals surface area contributed by atoms with Crippen LogP contribution in [0, 0.1) is 5.92 Å². The molecule has 162 valence electrons. The number of amides is 2. The van der Waals surface area contributed by atoms with Crippen LogP contribution in [-0.4, -0.2) is 49.9 Å². The number of rotatable bonds is 7. The first kappa shape index (κ1) is 25.2. The third-order valence-corrected chi connectivity index (χ3v) is 5.02. The van der Waals surface area contributed by atoms with E-state index in [1.807, 2.05) is 31.2 Å². The minimum Gasteiger partial charge on any atom is -0.359 e. The summed E-state index contributed by atoms with van der Waals surface area (Å²) in [5, 5.41) is 9.05. The van der Waals surface area contributed by atoms with E-state index in [0.717, 1.165) is 49.6 Å². The highest BCUT2D eigenvalue weighted by atomic mass is 127. The minimum absolute atomic E-state index is 0. The molecule has 7 nitrogen and oxygen atoms in total. The van der Waals surface area contributed by atoms with Crippen molar-refractivity contribution in [2.24, 2.45) is 10.9 Å². The molecule has 3 N–H and O–H groups in total. The molecule has 1 aliphatic rings. The zero-order chi connectivity index (χ0) is 20.4. The molecule has 0 spiro atoms. The number of carbonyl (C=O) groups is 2. The van der Waals surface area contributed by atoms with Crippen molar-refractivity contribution in [2.75, 3.05) is 32.5 Å². The fourth-order valence-electron chi connectivity index (χ4n) is 3.44. The Balaban J connectivity index is 0.00000420. The minimum atomic E-state index is 0. The Morgan fingerprint density at radius 2 is 1.93 bits per heavy atom. The van der Waals surface area contributed by atoms with Crippen LogP contribution in [0.4, 0.5) is 5.69 Å². The quantitative estimate of drug-likeness (QED) is 0.296. The molecule has 1 fully saturated rings. The molecule has 1 aliphatic heterocycles. The molecule has 2 amide bonds. The number of hydrogen-bond donors (Lipinski definition) is 3. The molecule has 0 aromatic heterocycles. The van der Waals surface area contributed by atoms with Crippen molar-refractivity contribution < 1.29 is 9.59 Å². The number of benzene rings is 1. The molecule has 1 heterocycles. The van der Waals surface area contributed by atoms with E-state index >= 15 is 0 Å². The maximum atomic E-state index is 11.8. The van der Waals surface area contributed by atoms with Crippen molar-refractivity contribution in [1.29, 1.82) is 0 Å². The highest BCUT2D eigenvalue weighted by molar-refractivity contribution is 14.0. The second-order valence-corrected chi connectivity index (χ2v) is 7.21. The van der Waals surface area contributed by atoms with E-state index in [9.17, 15) is 9.59 Å². The highest BCUT2D eigenvalue weighted by Gasteiger charge is 2.23. The average molecular weight is 515 g/mol. The summed E-state index contributed by atoms with van der Waals surface area (Å²) in [4.78, 5) is 30.0. The molecule has 0 atom stereocenters. The lowest BCUT2D eigenvalue weighted by Gasteiger charge is -2.34. The number of halogens is 1. The van der Waals surface area contributed by atoms with Crippen molar-refractivity contribution in [3.05, 3.63) is 29.8 Å². The van der Waals surface area contributed by atoms with Crippen LogP contribution in [-0.2, 0) is 16.1 Å². The summed E-state index contributed by atoms with van der Waals surface area (Å²) < 4.78 is 0. The largest absolute Gasteiger partial charge is 0.359 e. The summed E-state index contributed by atoms with van der Waals surface area (Å²) in [6.07, 6.45) is 3.96. The predicted molar refractivity (Wildman–Crippen MR) is 129 cm³/mol. The van der Waals surface area contributed by atoms with Gasteiger partial charge in [-0.15, -0.1) is 24.0 Å². The Morgan fingerprint density at radius 3 is 2.55 bits per heavy atom. The Hall–Kier alpha value is -1.84. The number of anilines is 1. The fourth-order valence-corrected chi connectivity index (χ4v) is 3.44. The van der Waals surface area contributed by atoms with Gasteiger partial charge in [0.2, 0.25) is 11.8 Å². The van der Waals surface area contributed by atoms with Gasteiger partial charge in [0.15, 0.2) is 5.96 Å². The molecular formula is C21H34IN5O2. The van der Waals surface area contributed by atoms with Crippen LogP contribution in [0.1, 0.15) is 44.6 Å². The normalized spacial score (nSPS) is 14.7. The van der Waals surface area contributed by atoms with E-state index in [1.165, 1.54) is 0 Å². The summed E-state index contributed by atoms with van der Waals surface area (Å²) in [7, 11) is 3.48. The van der Waals surface area contributed by atoms with E-state index in [1.54, 1.807) is 14.1 Å². The van der Waals surface area contributed by atoms with Gasteiger partial charge in [-0.25, -0.2) is 0 Å². The predicted octanol–water partition coefficient (Wildman–Crippen LogP) is 2.97. The number of likely N-dealkylation sites (tertiary alicyclic amines) is 1. The monoisotopic (exact) mass is 515 g/mol. The number of nitrogens with zero attached hydrogens (tertiary/aromatic N) is 2. The Bertz CT molecular complexity index is 687. The topological polar surface area (TPSA) is 85.8 Å². The molecule has 0 radical (unpaired) electrons. The van der Waals surface area contributed by atoms with Crippen LogP contribution < -0.4 is 16.0 Å². The molecule has 1 aromatic carbocycles. The highest BCUT2D eigenvalue weighted by Crippen LogP contribution is 2.20. The first-order valence-corrected chi connectivity index (χ1v) is 10.1. The number of carbonyl (C=O) groups excluding carboxylic acids is 2. The summed E-state index contributed by atoms with van der Waals surface area (Å²) >= 11 is 0. The third kappa shape index (κ3) is 8.59. The van der Waals surface area contributed by atoms with Crippen LogP contribution >= 0.6 is 24.0 Å². The number of aliphatic imine (C=N–C) groups is 1. The van der Waals surface area contributed by atoms with Crippen LogP contribution in [0.2, 0.25) is 0 Å². The molecule has 2 rings (SSSR count). The van der Waals surface area contributed by atoms with Gasteiger partial charge >= 0.3 is 0 Å². The van der Waals surface area contributed by atoms with Crippen molar-refractivity contribution in [2.45, 2.75) is 45.6 Å². The van der Waals surface area contributed by atoms with E-state index < -0.39 is 0 Å². The van der Waals surface area contributed by atoms with Crippen LogP contribution in [0.3, 0.4) is 0 Å². The van der Waals surface area contributed by atoms with Gasteiger partial charge in [0.1, 0.15) is 0 Å². The fraction of sp³-hybridized carbons (Fsp3) is 0.571. The van der Waals surface area contributed by atoms with Crippen LogP contribution in [0.5, 0.6) is 0 Å². The van der Waals surface area contributed by atoms with Crippen LogP contribution in [0.15, 0.2) is 29.3 Å². The third-order valence-electron chi connectivity index (χ3n) is 5.02. The smallest absolute Gasteiger partial charge is 0.224 e. The zero-order valence-corrected chi connectivity index (χ0v) is 20.0. The average Bonchev–Trinajstić information content (AvgIpc) is 2.70. The summed E-state index contributed by atoms with van der Waals surface area (Å²) in [5.41, 5.74) is 1.91. The molecule has 0 bridgehead atoms. The first-order valence-electron chi connectivity index (χ1n) is 10.1. The van der Waals surface area contributed by atoms with E-state index in [2.05, 4.69) is 25.8 Å². The van der Waals surface area contributed by atoms with Crippen LogP contribution in [0.25, 0.3) is 0 Å². The summed E-state index contributed by atoms with van der Waals surface area (Å²) in [5.74, 6) is 1.48. The van der Waals surface area contributed by atoms with Crippen molar-refractivity contribution in [3.63, 3.8) is 0 Å². The van der Waals surface area contributed by atoms with Gasteiger partial charge in [0.25, 0.3) is 0 Å².